The summed E-state index contributed by atoms with van der Waals surface area (Å²) >= 11 is 5.76. The van der Waals surface area contributed by atoms with Gasteiger partial charge in [0.15, 0.2) is 0 Å². The predicted octanol–water partition coefficient (Wildman–Crippen LogP) is 1.99. The van der Waals surface area contributed by atoms with Crippen molar-refractivity contribution in [3.63, 3.8) is 0 Å². The molecule has 0 aliphatic heterocycles. The van der Waals surface area contributed by atoms with E-state index >= 15 is 0 Å². The zero-order chi connectivity index (χ0) is 13.6. The molecule has 1 aromatic rings. The Labute approximate surface area is 111 Å². The van der Waals surface area contributed by atoms with E-state index in [0.717, 1.165) is 0 Å². The van der Waals surface area contributed by atoms with Gasteiger partial charge in [-0.15, -0.1) is 0 Å². The maximum absolute atomic E-state index is 11.7. The molecule has 98 valence electrons. The number of nitriles is 1. The molecule has 1 aromatic carbocycles. The standard InChI is InChI=1S/C11H13ClN2O3S/c1-2-17-5-6-18(15,16)14-11-7-10(12)4-3-9(11)8-13/h3-4,7,14H,2,5-6H2,1H3. The molecular weight excluding hydrogens is 276 g/mol. The lowest BCUT2D eigenvalue weighted by molar-refractivity contribution is 0.163. The Hall–Kier alpha value is -1.29. The van der Waals surface area contributed by atoms with Crippen LogP contribution in [0.15, 0.2) is 18.2 Å². The Kier molecular flexibility index (Phi) is 5.41. The second-order valence-electron chi connectivity index (χ2n) is 3.42. The van der Waals surface area contributed by atoms with Gasteiger partial charge in [0.25, 0.3) is 0 Å². The summed E-state index contributed by atoms with van der Waals surface area (Å²) in [4.78, 5) is 0. The van der Waals surface area contributed by atoms with Crippen molar-refractivity contribution in [2.75, 3.05) is 23.7 Å². The molecule has 0 spiro atoms. The Balaban J connectivity index is 2.84. The first-order valence-electron chi connectivity index (χ1n) is 5.26. The van der Waals surface area contributed by atoms with Crippen LogP contribution in [-0.4, -0.2) is 27.4 Å². The quantitative estimate of drug-likeness (QED) is 0.812. The Morgan fingerprint density at radius 1 is 1.50 bits per heavy atom. The molecule has 0 aliphatic carbocycles. The molecule has 5 nitrogen and oxygen atoms in total. The smallest absolute Gasteiger partial charge is 0.235 e. The van der Waals surface area contributed by atoms with Gasteiger partial charge in [-0.05, 0) is 25.1 Å². The minimum absolute atomic E-state index is 0.105. The molecule has 1 rings (SSSR count). The molecule has 7 heteroatoms. The third-order valence-electron chi connectivity index (χ3n) is 2.07. The number of benzene rings is 1. The van der Waals surface area contributed by atoms with Gasteiger partial charge in [-0.3, -0.25) is 4.72 Å². The van der Waals surface area contributed by atoms with E-state index in [4.69, 9.17) is 21.6 Å². The van der Waals surface area contributed by atoms with Gasteiger partial charge < -0.3 is 4.74 Å². The van der Waals surface area contributed by atoms with Crippen LogP contribution in [0.2, 0.25) is 5.02 Å². The molecule has 0 saturated heterocycles. The normalized spacial score (nSPS) is 10.9. The van der Waals surface area contributed by atoms with Crippen LogP contribution >= 0.6 is 11.6 Å². The lowest BCUT2D eigenvalue weighted by Gasteiger charge is -2.09. The topological polar surface area (TPSA) is 79.2 Å². The van der Waals surface area contributed by atoms with Gasteiger partial charge in [-0.25, -0.2) is 8.42 Å². The third-order valence-corrected chi connectivity index (χ3v) is 3.54. The first-order valence-corrected chi connectivity index (χ1v) is 7.29. The number of ether oxygens (including phenoxy) is 1. The summed E-state index contributed by atoms with van der Waals surface area (Å²) in [6.45, 7) is 2.34. The van der Waals surface area contributed by atoms with E-state index in [9.17, 15) is 8.42 Å². The molecule has 0 aliphatic rings. The molecular formula is C11H13ClN2O3S. The van der Waals surface area contributed by atoms with Crippen LogP contribution in [0.1, 0.15) is 12.5 Å². The largest absolute Gasteiger partial charge is 0.381 e. The molecule has 0 saturated carbocycles. The van der Waals surface area contributed by atoms with E-state index < -0.39 is 10.0 Å². The lowest BCUT2D eigenvalue weighted by Crippen LogP contribution is -2.20. The number of nitrogens with zero attached hydrogens (tertiary/aromatic N) is 1. The highest BCUT2D eigenvalue weighted by Gasteiger charge is 2.13. The van der Waals surface area contributed by atoms with E-state index in [0.29, 0.717) is 11.6 Å². The van der Waals surface area contributed by atoms with E-state index in [-0.39, 0.29) is 23.6 Å². The molecule has 18 heavy (non-hydrogen) atoms. The highest BCUT2D eigenvalue weighted by molar-refractivity contribution is 7.92. The first kappa shape index (κ1) is 14.8. The Bertz CT molecular complexity index is 552. The zero-order valence-electron chi connectivity index (χ0n) is 9.81. The number of hydrogen-bond donors (Lipinski definition) is 1. The molecule has 0 aromatic heterocycles. The number of anilines is 1. The second-order valence-corrected chi connectivity index (χ2v) is 5.70. The maximum atomic E-state index is 11.7. The number of hydrogen-bond acceptors (Lipinski definition) is 4. The fourth-order valence-corrected chi connectivity index (χ4v) is 2.35. The predicted molar refractivity (Wildman–Crippen MR) is 70.1 cm³/mol. The molecule has 0 atom stereocenters. The maximum Gasteiger partial charge on any atom is 0.235 e. The van der Waals surface area contributed by atoms with Gasteiger partial charge in [0, 0.05) is 11.6 Å². The summed E-state index contributed by atoms with van der Waals surface area (Å²) in [6, 6.07) is 6.28. The van der Waals surface area contributed by atoms with Gasteiger partial charge in [-0.2, -0.15) is 5.26 Å². The number of sulfonamides is 1. The van der Waals surface area contributed by atoms with Crippen molar-refractivity contribution in [3.05, 3.63) is 28.8 Å². The van der Waals surface area contributed by atoms with Gasteiger partial charge in [0.1, 0.15) is 6.07 Å². The summed E-state index contributed by atoms with van der Waals surface area (Å²) in [5.41, 5.74) is 0.404. The first-order chi connectivity index (χ1) is 8.48. The van der Waals surface area contributed by atoms with Gasteiger partial charge in [-0.1, -0.05) is 11.6 Å². The third kappa shape index (κ3) is 4.53. The molecule has 0 radical (unpaired) electrons. The summed E-state index contributed by atoms with van der Waals surface area (Å²) in [5.74, 6) is -0.168. The molecule has 0 fully saturated rings. The fourth-order valence-electron chi connectivity index (χ4n) is 1.23. The molecule has 0 heterocycles. The van der Waals surface area contributed by atoms with Crippen LogP contribution in [-0.2, 0) is 14.8 Å². The second kappa shape index (κ2) is 6.59. The van der Waals surface area contributed by atoms with Crippen LogP contribution in [0.3, 0.4) is 0 Å². The van der Waals surface area contributed by atoms with Crippen molar-refractivity contribution in [2.45, 2.75) is 6.92 Å². The van der Waals surface area contributed by atoms with E-state index in [1.165, 1.54) is 18.2 Å². The van der Waals surface area contributed by atoms with E-state index in [2.05, 4.69) is 4.72 Å². The van der Waals surface area contributed by atoms with E-state index in [1.54, 1.807) is 6.92 Å². The summed E-state index contributed by atoms with van der Waals surface area (Å²) in [7, 11) is -3.54. The summed E-state index contributed by atoms with van der Waals surface area (Å²) < 4.78 is 30.7. The van der Waals surface area contributed by atoms with Crippen LogP contribution in [0.5, 0.6) is 0 Å². The molecule has 0 amide bonds. The van der Waals surface area contributed by atoms with Crippen molar-refractivity contribution in [1.82, 2.24) is 0 Å². The number of rotatable bonds is 6. The Morgan fingerprint density at radius 3 is 2.83 bits per heavy atom. The fraction of sp³-hybridized carbons (Fsp3) is 0.364. The molecule has 0 unspecified atom stereocenters. The van der Waals surface area contributed by atoms with Gasteiger partial charge in [0.2, 0.25) is 10.0 Å². The average molecular weight is 289 g/mol. The van der Waals surface area contributed by atoms with Gasteiger partial charge >= 0.3 is 0 Å². The summed E-state index contributed by atoms with van der Waals surface area (Å²) in [6.07, 6.45) is 0. The van der Waals surface area contributed by atoms with Crippen molar-refractivity contribution >= 4 is 27.3 Å². The zero-order valence-corrected chi connectivity index (χ0v) is 11.4. The number of nitrogens with one attached hydrogen (secondary N) is 1. The highest BCUT2D eigenvalue weighted by Crippen LogP contribution is 2.21. The van der Waals surface area contributed by atoms with Crippen molar-refractivity contribution in [1.29, 1.82) is 5.26 Å². The van der Waals surface area contributed by atoms with Crippen LogP contribution in [0.4, 0.5) is 5.69 Å². The van der Waals surface area contributed by atoms with Crippen molar-refractivity contribution in [3.8, 4) is 6.07 Å². The lowest BCUT2D eigenvalue weighted by atomic mass is 10.2. The Morgan fingerprint density at radius 2 is 2.22 bits per heavy atom. The van der Waals surface area contributed by atoms with E-state index in [1.807, 2.05) is 6.07 Å². The SMILES string of the molecule is CCOCCS(=O)(=O)Nc1cc(Cl)ccc1C#N. The monoisotopic (exact) mass is 288 g/mol. The van der Waals surface area contributed by atoms with Crippen LogP contribution in [0.25, 0.3) is 0 Å². The average Bonchev–Trinajstić information content (AvgIpc) is 2.29. The minimum atomic E-state index is -3.54. The van der Waals surface area contributed by atoms with Crippen LogP contribution < -0.4 is 4.72 Å². The van der Waals surface area contributed by atoms with Crippen LogP contribution in [0, 0.1) is 11.3 Å². The van der Waals surface area contributed by atoms with Crippen molar-refractivity contribution < 1.29 is 13.2 Å². The molecule has 0 bridgehead atoms. The summed E-state index contributed by atoms with van der Waals surface area (Å²) in [5, 5.41) is 9.23. The minimum Gasteiger partial charge on any atom is -0.381 e. The van der Waals surface area contributed by atoms with Gasteiger partial charge in [0.05, 0.1) is 23.6 Å². The van der Waals surface area contributed by atoms with Crippen molar-refractivity contribution in [2.24, 2.45) is 0 Å². The number of halogens is 1. The highest BCUT2D eigenvalue weighted by atomic mass is 35.5. The molecule has 1 N–H and O–H groups in total.